The summed E-state index contributed by atoms with van der Waals surface area (Å²) in [6.07, 6.45) is 0. The summed E-state index contributed by atoms with van der Waals surface area (Å²) < 4.78 is 56.1. The van der Waals surface area contributed by atoms with Crippen molar-refractivity contribution in [2.75, 3.05) is 0 Å². The number of hydrogen-bond acceptors (Lipinski definition) is 3. The van der Waals surface area contributed by atoms with Crippen molar-refractivity contribution in [1.82, 2.24) is 0 Å². The minimum Gasteiger partial charge on any atom is -0.577 e. The largest absolute Gasteiger partial charge is 1.20 e. The first-order valence-corrected chi connectivity index (χ1v) is 8.76. The molecule has 3 aromatic rings. The van der Waals surface area contributed by atoms with Crippen molar-refractivity contribution in [3.63, 3.8) is 0 Å². The molecule has 0 saturated carbocycles. The van der Waals surface area contributed by atoms with E-state index in [1.54, 1.807) is 0 Å². The van der Waals surface area contributed by atoms with Crippen molar-refractivity contribution in [2.24, 2.45) is 0 Å². The van der Waals surface area contributed by atoms with Crippen molar-refractivity contribution in [2.45, 2.75) is 0 Å². The first kappa shape index (κ1) is 17.2. The zero-order valence-corrected chi connectivity index (χ0v) is 14.0. The summed E-state index contributed by atoms with van der Waals surface area (Å²) in [6, 6.07) is 16.1. The molecule has 0 atom stereocenters. The Kier molecular flexibility index (Phi) is 5.49. The van der Waals surface area contributed by atoms with Crippen LogP contribution in [0.4, 0.5) is 13.2 Å². The molecule has 0 aliphatic heterocycles. The van der Waals surface area contributed by atoms with Crippen LogP contribution in [0.2, 0.25) is 0 Å². The average Bonchev–Trinajstić information content (AvgIpc) is 2.61. The van der Waals surface area contributed by atoms with E-state index in [9.17, 15) is 13.2 Å². The molecular formula is C18H12AlF3O3. The normalized spacial score (nSPS) is 10.2. The molecule has 0 aromatic heterocycles. The topological polar surface area (TPSA) is 27.7 Å². The number of hydrogen-bond donors (Lipinski definition) is 0. The standard InChI is InChI=1S/3C6H5FO.Al/c3*7-5-1-3-6(8)4-2-5;/h3*1-4,8H;/q;;;+3/p-3. The Morgan fingerprint density at radius 2 is 0.680 bits per heavy atom. The summed E-state index contributed by atoms with van der Waals surface area (Å²) in [5.41, 5.74) is 0. The van der Waals surface area contributed by atoms with E-state index in [0.717, 1.165) is 0 Å². The molecule has 0 N–H and O–H groups in total. The van der Waals surface area contributed by atoms with Gasteiger partial charge in [-0.05, 0) is 72.8 Å². The fourth-order valence-electron chi connectivity index (χ4n) is 1.94. The highest BCUT2D eigenvalue weighted by Crippen LogP contribution is 2.19. The number of benzene rings is 3. The van der Waals surface area contributed by atoms with Gasteiger partial charge in [-0.2, -0.15) is 0 Å². The van der Waals surface area contributed by atoms with Crippen LogP contribution in [-0.2, 0) is 0 Å². The average molecular weight is 360 g/mol. The lowest BCUT2D eigenvalue weighted by molar-refractivity contribution is 0.306. The van der Waals surface area contributed by atoms with Gasteiger partial charge in [0.2, 0.25) is 0 Å². The Morgan fingerprint density at radius 3 is 0.920 bits per heavy atom. The molecule has 3 rings (SSSR count). The highest BCUT2D eigenvalue weighted by Gasteiger charge is 2.44. The predicted octanol–water partition coefficient (Wildman–Crippen LogP) is 4.63. The first-order chi connectivity index (χ1) is 12.1. The lowest BCUT2D eigenvalue weighted by Gasteiger charge is -2.16. The monoisotopic (exact) mass is 360 g/mol. The molecule has 0 fully saturated rings. The maximum absolute atomic E-state index is 13.0. The number of halogens is 3. The van der Waals surface area contributed by atoms with Crippen molar-refractivity contribution < 1.29 is 24.5 Å². The molecular weight excluding hydrogens is 348 g/mol. The fourth-order valence-corrected chi connectivity index (χ4v) is 3.23. The van der Waals surface area contributed by atoms with E-state index in [1.165, 1.54) is 72.8 Å². The van der Waals surface area contributed by atoms with Crippen molar-refractivity contribution >= 4 is 15.1 Å². The van der Waals surface area contributed by atoms with Gasteiger partial charge in [-0.3, -0.25) is 0 Å². The van der Waals surface area contributed by atoms with Gasteiger partial charge in [0.1, 0.15) is 17.5 Å². The van der Waals surface area contributed by atoms with Crippen LogP contribution in [-0.4, -0.2) is 15.1 Å². The van der Waals surface area contributed by atoms with E-state index < -0.39 is 32.6 Å². The summed E-state index contributed by atoms with van der Waals surface area (Å²) >= 11 is -2.83. The summed E-state index contributed by atoms with van der Waals surface area (Å²) in [4.78, 5) is 0. The van der Waals surface area contributed by atoms with E-state index >= 15 is 0 Å². The Morgan fingerprint density at radius 1 is 0.440 bits per heavy atom. The quantitative estimate of drug-likeness (QED) is 0.600. The second kappa shape index (κ2) is 7.97. The van der Waals surface area contributed by atoms with Crippen LogP contribution in [0.3, 0.4) is 0 Å². The lowest BCUT2D eigenvalue weighted by atomic mass is 10.3. The molecule has 0 aliphatic carbocycles. The van der Waals surface area contributed by atoms with Gasteiger partial charge in [-0.1, -0.05) is 0 Å². The van der Waals surface area contributed by atoms with Gasteiger partial charge in [-0.15, -0.1) is 0 Å². The molecule has 3 aromatic carbocycles. The highest BCUT2D eigenvalue weighted by molar-refractivity contribution is 6.39. The molecule has 0 bridgehead atoms. The molecule has 0 spiro atoms. The second-order valence-electron chi connectivity index (χ2n) is 5.00. The Balaban J connectivity index is 1.77. The molecule has 126 valence electrons. The molecule has 7 heteroatoms. The van der Waals surface area contributed by atoms with Gasteiger partial charge in [-0.25, -0.2) is 13.2 Å². The molecule has 0 aliphatic rings. The van der Waals surface area contributed by atoms with Crippen LogP contribution in [0.1, 0.15) is 0 Å². The third kappa shape index (κ3) is 5.18. The minimum absolute atomic E-state index is 0.363. The highest BCUT2D eigenvalue weighted by atomic mass is 27.3. The summed E-state index contributed by atoms with van der Waals surface area (Å²) in [7, 11) is 0. The van der Waals surface area contributed by atoms with Crippen LogP contribution in [0.5, 0.6) is 17.2 Å². The molecule has 0 amide bonds. The molecule has 0 unspecified atom stereocenters. The van der Waals surface area contributed by atoms with E-state index in [2.05, 4.69) is 0 Å². The third-order valence-electron chi connectivity index (χ3n) is 3.14. The Hall–Kier alpha value is -2.62. The molecule has 0 radical (unpaired) electrons. The molecule has 0 heterocycles. The second-order valence-corrected chi connectivity index (χ2v) is 6.29. The van der Waals surface area contributed by atoms with Crippen molar-refractivity contribution in [3.05, 3.63) is 90.2 Å². The Labute approximate surface area is 147 Å². The summed E-state index contributed by atoms with van der Waals surface area (Å²) in [5, 5.41) is 0. The van der Waals surface area contributed by atoms with Gasteiger partial charge in [0.05, 0.1) is 17.2 Å². The molecule has 25 heavy (non-hydrogen) atoms. The first-order valence-electron chi connectivity index (χ1n) is 7.35. The summed E-state index contributed by atoms with van der Waals surface area (Å²) in [5.74, 6) is -0.106. The fraction of sp³-hybridized carbons (Fsp3) is 0. The van der Waals surface area contributed by atoms with E-state index in [-0.39, 0.29) is 0 Å². The van der Waals surface area contributed by atoms with Crippen LogP contribution >= 0.6 is 0 Å². The van der Waals surface area contributed by atoms with Gasteiger partial charge in [0.15, 0.2) is 0 Å². The maximum atomic E-state index is 13.0. The van der Waals surface area contributed by atoms with Crippen LogP contribution in [0.25, 0.3) is 0 Å². The van der Waals surface area contributed by atoms with E-state index in [0.29, 0.717) is 17.2 Å². The Bertz CT molecular complexity index is 696. The zero-order valence-electron chi connectivity index (χ0n) is 12.9. The number of rotatable bonds is 6. The van der Waals surface area contributed by atoms with E-state index in [4.69, 9.17) is 11.4 Å². The molecule has 3 nitrogen and oxygen atoms in total. The molecule has 0 saturated heterocycles. The van der Waals surface area contributed by atoms with Gasteiger partial charge in [0.25, 0.3) is 0 Å². The SMILES string of the molecule is Fc1ccc([O][Al]([O]c2ccc(F)cc2)[O]c2ccc(F)cc2)cc1. The summed E-state index contributed by atoms with van der Waals surface area (Å²) in [6.45, 7) is 0. The van der Waals surface area contributed by atoms with Crippen molar-refractivity contribution in [1.29, 1.82) is 0 Å². The van der Waals surface area contributed by atoms with Crippen LogP contribution < -0.4 is 11.4 Å². The van der Waals surface area contributed by atoms with E-state index in [1.807, 2.05) is 0 Å². The third-order valence-corrected chi connectivity index (χ3v) is 4.53. The lowest BCUT2D eigenvalue weighted by Crippen LogP contribution is -2.37. The van der Waals surface area contributed by atoms with Crippen LogP contribution in [0, 0.1) is 17.5 Å². The van der Waals surface area contributed by atoms with Gasteiger partial charge in [0, 0.05) is 0 Å². The minimum atomic E-state index is -2.83. The van der Waals surface area contributed by atoms with Gasteiger partial charge < -0.3 is 11.4 Å². The van der Waals surface area contributed by atoms with Crippen molar-refractivity contribution in [3.8, 4) is 17.2 Å². The van der Waals surface area contributed by atoms with Gasteiger partial charge >= 0.3 is 15.1 Å². The van der Waals surface area contributed by atoms with Crippen LogP contribution in [0.15, 0.2) is 72.8 Å². The maximum Gasteiger partial charge on any atom is 1.20 e. The predicted molar refractivity (Wildman–Crippen MR) is 86.8 cm³/mol. The smallest absolute Gasteiger partial charge is 0.577 e. The zero-order chi connectivity index (χ0) is 17.6.